The van der Waals surface area contributed by atoms with E-state index in [1.54, 1.807) is 0 Å². The van der Waals surface area contributed by atoms with Crippen LogP contribution in [0.1, 0.15) is 0 Å². The summed E-state index contributed by atoms with van der Waals surface area (Å²) in [5.74, 6) is 0. The van der Waals surface area contributed by atoms with Crippen LogP contribution in [0.4, 0.5) is 4.48 Å². The Hall–Kier alpha value is -0.900. The lowest BCUT2D eigenvalue weighted by Gasteiger charge is -1.87. The van der Waals surface area contributed by atoms with Crippen LogP contribution in [-0.4, -0.2) is 9.77 Å². The summed E-state index contributed by atoms with van der Waals surface area (Å²) in [4.78, 5) is 13.6. The molecule has 0 aliphatic rings. The van der Waals surface area contributed by atoms with E-state index in [9.17, 15) is 9.28 Å². The first kappa shape index (κ1) is 6.22. The van der Waals surface area contributed by atoms with Gasteiger partial charge in [-0.25, -0.2) is 4.98 Å². The van der Waals surface area contributed by atoms with E-state index in [0.29, 0.717) is 0 Å². The Morgan fingerprint density at radius 2 is 2.44 bits per heavy atom. The summed E-state index contributed by atoms with van der Waals surface area (Å²) in [5, 5.41) is -0.361. The first-order chi connectivity index (χ1) is 4.22. The Bertz CT molecular complexity index is 248. The Kier molecular flexibility index (Phi) is 1.48. The van der Waals surface area contributed by atoms with Crippen molar-refractivity contribution in [3.05, 3.63) is 27.9 Å². The van der Waals surface area contributed by atoms with E-state index in [-0.39, 0.29) is 9.94 Å². The highest BCUT2D eigenvalue weighted by Crippen LogP contribution is 1.91. The molecule has 5 heteroatoms. The molecule has 0 aromatic carbocycles. The highest BCUT2D eigenvalue weighted by atomic mass is 35.5. The second-order valence-electron chi connectivity index (χ2n) is 1.33. The molecule has 0 saturated heterocycles. The summed E-state index contributed by atoms with van der Waals surface area (Å²) in [5.41, 5.74) is -0.931. The van der Waals surface area contributed by atoms with Gasteiger partial charge in [0.25, 0.3) is 0 Å². The molecule has 0 spiro atoms. The molecule has 0 atom stereocenters. The fraction of sp³-hybridized carbons (Fsp3) is 0. The van der Waals surface area contributed by atoms with Crippen LogP contribution in [-0.2, 0) is 0 Å². The lowest BCUT2D eigenvalue weighted by Crippen LogP contribution is -2.13. The molecule has 0 saturated carbocycles. The zero-order chi connectivity index (χ0) is 6.85. The van der Waals surface area contributed by atoms with Gasteiger partial charge in [-0.15, -0.1) is 4.79 Å². The van der Waals surface area contributed by atoms with Gasteiger partial charge in [-0.1, -0.05) is 16.1 Å². The zero-order valence-electron chi connectivity index (χ0n) is 4.21. The van der Waals surface area contributed by atoms with Crippen molar-refractivity contribution in [2.24, 2.45) is 0 Å². The summed E-state index contributed by atoms with van der Waals surface area (Å²) in [6.45, 7) is 0. The molecule has 0 radical (unpaired) electrons. The number of hydrogen-bond donors (Lipinski definition) is 0. The maximum Gasteiger partial charge on any atom is 0.316 e. The van der Waals surface area contributed by atoms with Crippen molar-refractivity contribution in [2.75, 3.05) is 0 Å². The third-order valence-corrected chi connectivity index (χ3v) is 1.02. The Morgan fingerprint density at radius 1 is 1.78 bits per heavy atom. The quantitative estimate of drug-likeness (QED) is 0.541. The highest BCUT2D eigenvalue weighted by Gasteiger charge is 1.97. The van der Waals surface area contributed by atoms with Crippen molar-refractivity contribution in [1.82, 2.24) is 9.77 Å². The predicted molar refractivity (Wildman–Crippen MR) is 30.0 cm³/mol. The molecule has 48 valence electrons. The van der Waals surface area contributed by atoms with Crippen LogP contribution in [0.2, 0.25) is 5.15 Å². The van der Waals surface area contributed by atoms with Crippen molar-refractivity contribution >= 4 is 11.6 Å². The van der Waals surface area contributed by atoms with Gasteiger partial charge in [0.15, 0.2) is 5.15 Å². The summed E-state index contributed by atoms with van der Waals surface area (Å²) >= 11 is 5.13. The molecule has 0 unspecified atom stereocenters. The van der Waals surface area contributed by atoms with Gasteiger partial charge < -0.3 is 0 Å². The van der Waals surface area contributed by atoms with E-state index in [0.717, 1.165) is 12.4 Å². The van der Waals surface area contributed by atoms with E-state index in [4.69, 9.17) is 11.6 Å². The fourth-order valence-electron chi connectivity index (χ4n) is 0.368. The van der Waals surface area contributed by atoms with Crippen LogP contribution >= 0.6 is 11.6 Å². The molecule has 0 fully saturated rings. The van der Waals surface area contributed by atoms with Crippen molar-refractivity contribution < 1.29 is 4.48 Å². The smallest absolute Gasteiger partial charge is 0.263 e. The summed E-state index contributed by atoms with van der Waals surface area (Å²) in [6, 6.07) is 0. The van der Waals surface area contributed by atoms with Crippen molar-refractivity contribution in [1.29, 1.82) is 0 Å². The number of aromatic nitrogens is 2. The van der Waals surface area contributed by atoms with E-state index in [1.165, 1.54) is 0 Å². The minimum absolute atomic E-state index is 0.130. The molecule has 0 aliphatic carbocycles. The maximum atomic E-state index is 12.1. The molecule has 1 rings (SSSR count). The molecule has 1 aromatic rings. The van der Waals surface area contributed by atoms with E-state index in [2.05, 4.69) is 4.98 Å². The largest absolute Gasteiger partial charge is 0.316 e. The van der Waals surface area contributed by atoms with Gasteiger partial charge in [-0.05, 0) is 0 Å². The van der Waals surface area contributed by atoms with Crippen LogP contribution in [0.25, 0.3) is 0 Å². The minimum atomic E-state index is -0.931. The monoisotopic (exact) mass is 148 g/mol. The Labute approximate surface area is 54.6 Å². The minimum Gasteiger partial charge on any atom is -0.263 e. The molecular weight excluding hydrogens is 147 g/mol. The lowest BCUT2D eigenvalue weighted by molar-refractivity contribution is 0.350. The van der Waals surface area contributed by atoms with Crippen LogP contribution in [0.5, 0.6) is 0 Å². The van der Waals surface area contributed by atoms with Crippen LogP contribution in [0.15, 0.2) is 17.2 Å². The molecule has 0 bridgehead atoms. The first-order valence-corrected chi connectivity index (χ1v) is 2.49. The van der Waals surface area contributed by atoms with Crippen molar-refractivity contribution in [2.45, 2.75) is 0 Å². The van der Waals surface area contributed by atoms with Crippen LogP contribution in [0.3, 0.4) is 0 Å². The average Bonchev–Trinajstić information content (AvgIpc) is 1.83. The SMILES string of the molecule is O=c1c(Cl)nccn1F. The predicted octanol–water partition coefficient (Wildman–Crippen LogP) is 0.629. The zero-order valence-corrected chi connectivity index (χ0v) is 4.97. The maximum absolute atomic E-state index is 12.1. The van der Waals surface area contributed by atoms with E-state index < -0.39 is 5.56 Å². The summed E-state index contributed by atoms with van der Waals surface area (Å²) in [7, 11) is 0. The molecule has 0 aliphatic heterocycles. The van der Waals surface area contributed by atoms with Gasteiger partial charge in [0, 0.05) is 6.20 Å². The Balaban J connectivity index is 3.43. The van der Waals surface area contributed by atoms with Gasteiger partial charge >= 0.3 is 5.56 Å². The van der Waals surface area contributed by atoms with Crippen molar-refractivity contribution in [3.63, 3.8) is 0 Å². The molecule has 1 aromatic heterocycles. The van der Waals surface area contributed by atoms with Crippen molar-refractivity contribution in [3.8, 4) is 0 Å². The second kappa shape index (κ2) is 2.14. The number of halogens is 2. The number of hydrogen-bond acceptors (Lipinski definition) is 2. The Morgan fingerprint density at radius 3 is 2.89 bits per heavy atom. The van der Waals surface area contributed by atoms with E-state index in [1.807, 2.05) is 0 Å². The second-order valence-corrected chi connectivity index (χ2v) is 1.69. The molecule has 0 N–H and O–H groups in total. The summed E-state index contributed by atoms with van der Waals surface area (Å²) in [6.07, 6.45) is 1.98. The lowest BCUT2D eigenvalue weighted by atomic mass is 10.7. The summed E-state index contributed by atoms with van der Waals surface area (Å²) < 4.78 is 12.1. The number of rotatable bonds is 0. The number of nitrogens with zero attached hydrogens (tertiary/aromatic N) is 2. The van der Waals surface area contributed by atoms with Crippen LogP contribution < -0.4 is 5.56 Å². The topological polar surface area (TPSA) is 34.9 Å². The molecule has 3 nitrogen and oxygen atoms in total. The first-order valence-electron chi connectivity index (χ1n) is 2.11. The van der Waals surface area contributed by atoms with Gasteiger partial charge in [0.1, 0.15) is 0 Å². The molecule has 1 heterocycles. The van der Waals surface area contributed by atoms with E-state index >= 15 is 0 Å². The average molecular weight is 149 g/mol. The molecular formula is C4H2ClFN2O. The molecule has 9 heavy (non-hydrogen) atoms. The van der Waals surface area contributed by atoms with Gasteiger partial charge in [0.2, 0.25) is 0 Å². The fourth-order valence-corrected chi connectivity index (χ4v) is 0.505. The van der Waals surface area contributed by atoms with Gasteiger partial charge in [0.05, 0.1) is 6.20 Å². The standard InChI is InChI=1S/C4H2ClFN2O/c5-3-4(9)8(6)2-1-7-3/h1-2H. The van der Waals surface area contributed by atoms with Gasteiger partial charge in [-0.3, -0.25) is 4.79 Å². The third kappa shape index (κ3) is 1.08. The highest BCUT2D eigenvalue weighted by molar-refractivity contribution is 6.29. The third-order valence-electron chi connectivity index (χ3n) is 0.756. The normalized spacial score (nSPS) is 9.56. The van der Waals surface area contributed by atoms with Gasteiger partial charge in [-0.2, -0.15) is 0 Å². The van der Waals surface area contributed by atoms with Crippen LogP contribution in [0, 0.1) is 0 Å². The molecule has 0 amide bonds.